The van der Waals surface area contributed by atoms with Gasteiger partial charge in [-0.15, -0.1) is 0 Å². The van der Waals surface area contributed by atoms with Crippen molar-refractivity contribution in [3.05, 3.63) is 0 Å². The highest BCUT2D eigenvalue weighted by molar-refractivity contribution is 5.89. The third-order valence-electron chi connectivity index (χ3n) is 6.28. The molecule has 0 amide bonds. The van der Waals surface area contributed by atoms with Gasteiger partial charge in [0.2, 0.25) is 0 Å². The average molecular weight is 174 g/mol. The maximum absolute atomic E-state index is 12.1. The lowest BCUT2D eigenvalue weighted by molar-refractivity contribution is -0.124. The van der Waals surface area contributed by atoms with Crippen molar-refractivity contribution in [3.63, 3.8) is 0 Å². The minimum atomic E-state index is 0.558. The predicted molar refractivity (Wildman–Crippen MR) is 46.8 cm³/mol. The number of fused-ring (bicyclic) bond motifs is 1. The first-order valence-corrected chi connectivity index (χ1v) is 5.90. The second-order valence-electron chi connectivity index (χ2n) is 6.15. The molecule has 5 saturated carbocycles. The Hall–Kier alpha value is -0.330. The molecule has 13 heavy (non-hydrogen) atoms. The fourth-order valence-electron chi connectivity index (χ4n) is 6.40. The minimum Gasteiger partial charge on any atom is -0.299 e. The highest BCUT2D eigenvalue weighted by atomic mass is 16.1. The van der Waals surface area contributed by atoms with Gasteiger partial charge in [0.05, 0.1) is 0 Å². The smallest absolute Gasteiger partial charge is 0.139 e. The summed E-state index contributed by atoms with van der Waals surface area (Å²) in [7, 11) is 0. The van der Waals surface area contributed by atoms with E-state index >= 15 is 0 Å². The maximum atomic E-state index is 12.1. The molecule has 8 unspecified atom stereocenters. The normalized spacial score (nSPS) is 74.9. The van der Waals surface area contributed by atoms with Crippen LogP contribution in [0.25, 0.3) is 0 Å². The fraction of sp³-hybridized carbons (Fsp3) is 0.917. The highest BCUT2D eigenvalue weighted by Gasteiger charge is 2.75. The van der Waals surface area contributed by atoms with Crippen molar-refractivity contribution in [2.75, 3.05) is 0 Å². The first-order valence-electron chi connectivity index (χ1n) is 5.90. The first kappa shape index (κ1) is 6.21. The van der Waals surface area contributed by atoms with E-state index in [4.69, 9.17) is 0 Å². The number of carbonyl (C=O) groups is 1. The Morgan fingerprint density at radius 3 is 2.77 bits per heavy atom. The van der Waals surface area contributed by atoms with Gasteiger partial charge in [0.25, 0.3) is 0 Å². The summed E-state index contributed by atoms with van der Waals surface area (Å²) in [6, 6.07) is 0. The molecule has 1 heteroatoms. The van der Waals surface area contributed by atoms with Crippen molar-refractivity contribution in [3.8, 4) is 0 Å². The predicted octanol–water partition coefficient (Wildman–Crippen LogP) is 1.72. The van der Waals surface area contributed by atoms with Crippen molar-refractivity contribution in [1.29, 1.82) is 0 Å². The molecule has 0 aromatic carbocycles. The van der Waals surface area contributed by atoms with E-state index < -0.39 is 0 Å². The second kappa shape index (κ2) is 1.51. The molecule has 5 aliphatic rings. The van der Waals surface area contributed by atoms with Crippen molar-refractivity contribution in [2.24, 2.45) is 47.3 Å². The molecule has 0 radical (unpaired) electrons. The summed E-state index contributed by atoms with van der Waals surface area (Å²) in [6.07, 6.45) is 4.19. The van der Waals surface area contributed by atoms with Crippen LogP contribution in [0.15, 0.2) is 0 Å². The van der Waals surface area contributed by atoms with Crippen LogP contribution in [0.5, 0.6) is 0 Å². The standard InChI is InChI=1S/C12H14O/c13-12-8-2-4-1-5-6-3-7(11(5)12)10(8)9(4)6/h4-11H,1-3H2. The summed E-state index contributed by atoms with van der Waals surface area (Å²) in [4.78, 5) is 12.1. The van der Waals surface area contributed by atoms with Gasteiger partial charge >= 0.3 is 0 Å². The summed E-state index contributed by atoms with van der Waals surface area (Å²) in [5.74, 6) is 7.53. The van der Waals surface area contributed by atoms with E-state index in [9.17, 15) is 4.79 Å². The molecule has 1 nitrogen and oxygen atoms in total. The molecule has 0 aliphatic heterocycles. The number of Topliss-reactive ketones (excluding diaryl/α,β-unsaturated/α-hetero) is 1. The van der Waals surface area contributed by atoms with E-state index in [0.29, 0.717) is 17.6 Å². The van der Waals surface area contributed by atoms with Gasteiger partial charge in [0.15, 0.2) is 0 Å². The number of hydrogen-bond donors (Lipinski definition) is 0. The topological polar surface area (TPSA) is 17.1 Å². The van der Waals surface area contributed by atoms with E-state index in [1.54, 1.807) is 0 Å². The lowest BCUT2D eigenvalue weighted by Gasteiger charge is -2.23. The molecule has 0 saturated heterocycles. The molecule has 2 bridgehead atoms. The van der Waals surface area contributed by atoms with E-state index in [-0.39, 0.29) is 0 Å². The Morgan fingerprint density at radius 2 is 1.85 bits per heavy atom. The number of ketones is 1. The monoisotopic (exact) mass is 174 g/mol. The quantitative estimate of drug-likeness (QED) is 0.546. The van der Waals surface area contributed by atoms with Gasteiger partial charge in [0, 0.05) is 11.8 Å². The van der Waals surface area contributed by atoms with Gasteiger partial charge in [-0.1, -0.05) is 0 Å². The van der Waals surface area contributed by atoms with Crippen LogP contribution in [0.3, 0.4) is 0 Å². The van der Waals surface area contributed by atoms with Gasteiger partial charge in [0.1, 0.15) is 5.78 Å². The molecule has 5 aliphatic carbocycles. The van der Waals surface area contributed by atoms with Crippen molar-refractivity contribution < 1.29 is 4.79 Å². The molecule has 8 atom stereocenters. The summed E-state index contributed by atoms with van der Waals surface area (Å²) in [5, 5.41) is 0. The Balaban J connectivity index is 1.89. The van der Waals surface area contributed by atoms with E-state index in [1.165, 1.54) is 19.3 Å². The van der Waals surface area contributed by atoms with Crippen molar-refractivity contribution in [2.45, 2.75) is 19.3 Å². The van der Waals surface area contributed by atoms with Gasteiger partial charge in [-0.3, -0.25) is 4.79 Å². The maximum Gasteiger partial charge on any atom is 0.139 e. The molecular formula is C12H14O. The molecule has 0 aromatic rings. The highest BCUT2D eigenvalue weighted by Crippen LogP contribution is 2.77. The zero-order chi connectivity index (χ0) is 8.32. The lowest BCUT2D eigenvalue weighted by Crippen LogP contribution is -2.23. The largest absolute Gasteiger partial charge is 0.299 e. The van der Waals surface area contributed by atoms with Crippen LogP contribution in [-0.2, 0) is 4.79 Å². The van der Waals surface area contributed by atoms with Gasteiger partial charge < -0.3 is 0 Å². The molecule has 5 fully saturated rings. The van der Waals surface area contributed by atoms with Crippen LogP contribution in [-0.4, -0.2) is 5.78 Å². The third-order valence-corrected chi connectivity index (χ3v) is 6.28. The molecule has 68 valence electrons. The van der Waals surface area contributed by atoms with Crippen molar-refractivity contribution >= 4 is 5.78 Å². The van der Waals surface area contributed by atoms with Crippen LogP contribution < -0.4 is 0 Å². The fourth-order valence-corrected chi connectivity index (χ4v) is 6.40. The first-order chi connectivity index (χ1) is 6.36. The molecule has 0 N–H and O–H groups in total. The van der Waals surface area contributed by atoms with Crippen LogP contribution in [0.1, 0.15) is 19.3 Å². The Labute approximate surface area is 77.9 Å². The number of carbonyl (C=O) groups excluding carboxylic acids is 1. The van der Waals surface area contributed by atoms with Crippen LogP contribution in [0, 0.1) is 47.3 Å². The zero-order valence-electron chi connectivity index (χ0n) is 7.65. The Morgan fingerprint density at radius 1 is 0.923 bits per heavy atom. The van der Waals surface area contributed by atoms with Gasteiger partial charge in [-0.25, -0.2) is 0 Å². The SMILES string of the molecule is O=C1C2CC3CC4C5CC(C14)C2C35. The van der Waals surface area contributed by atoms with Crippen molar-refractivity contribution in [1.82, 2.24) is 0 Å². The summed E-state index contributed by atoms with van der Waals surface area (Å²) in [5.41, 5.74) is 0. The van der Waals surface area contributed by atoms with Crippen LogP contribution in [0.2, 0.25) is 0 Å². The van der Waals surface area contributed by atoms with Gasteiger partial charge in [-0.2, -0.15) is 0 Å². The number of rotatable bonds is 0. The minimum absolute atomic E-state index is 0.558. The third kappa shape index (κ3) is 0.409. The summed E-state index contributed by atoms with van der Waals surface area (Å²) < 4.78 is 0. The second-order valence-corrected chi connectivity index (χ2v) is 6.15. The zero-order valence-corrected chi connectivity index (χ0v) is 7.65. The molecule has 0 aromatic heterocycles. The average Bonchev–Trinajstić information content (AvgIpc) is 2.68. The summed E-state index contributed by atoms with van der Waals surface area (Å²) in [6.45, 7) is 0. The van der Waals surface area contributed by atoms with Crippen LogP contribution >= 0.6 is 0 Å². The Kier molecular flexibility index (Phi) is 0.721. The van der Waals surface area contributed by atoms with E-state index in [0.717, 1.165) is 35.5 Å². The number of hydrogen-bond acceptors (Lipinski definition) is 1. The molecule has 5 rings (SSSR count). The molecule has 0 heterocycles. The van der Waals surface area contributed by atoms with Crippen LogP contribution in [0.4, 0.5) is 0 Å². The van der Waals surface area contributed by atoms with E-state index in [2.05, 4.69) is 0 Å². The Bertz CT molecular complexity index is 332. The van der Waals surface area contributed by atoms with Gasteiger partial charge in [-0.05, 0) is 54.8 Å². The summed E-state index contributed by atoms with van der Waals surface area (Å²) >= 11 is 0. The molecular weight excluding hydrogens is 160 g/mol. The van der Waals surface area contributed by atoms with E-state index in [1.807, 2.05) is 0 Å². The molecule has 0 spiro atoms. The lowest BCUT2D eigenvalue weighted by atomic mass is 9.80.